The lowest BCUT2D eigenvalue weighted by Crippen LogP contribution is -2.16. The van der Waals surface area contributed by atoms with E-state index < -0.39 is 0 Å². The molecule has 0 amide bonds. The van der Waals surface area contributed by atoms with Crippen LogP contribution in [-0.4, -0.2) is 14.2 Å². The average molecular weight is 293 g/mol. The number of thiophene rings is 1. The highest BCUT2D eigenvalue weighted by atomic mass is 35.5. The second-order valence-corrected chi connectivity index (χ2v) is 5.86. The van der Waals surface area contributed by atoms with Gasteiger partial charge in [0.25, 0.3) is 0 Å². The molecule has 98 valence electrons. The first-order valence-corrected chi connectivity index (χ1v) is 6.87. The maximum Gasteiger partial charge on any atom is 0.121 e. The Morgan fingerprint density at radius 2 is 2.16 bits per heavy atom. The molecule has 19 heavy (non-hydrogen) atoms. The second-order valence-electron chi connectivity index (χ2n) is 4.06. The summed E-state index contributed by atoms with van der Waals surface area (Å²) in [6, 6.07) is 11.5. The fourth-order valence-corrected chi connectivity index (χ4v) is 2.95. The van der Waals surface area contributed by atoms with Gasteiger partial charge >= 0.3 is 0 Å². The van der Waals surface area contributed by atoms with Crippen molar-refractivity contribution < 1.29 is 4.74 Å². The number of halogens is 1. The molecule has 0 unspecified atom stereocenters. The maximum atomic E-state index is 9.17. The number of hydrogen-bond donors (Lipinski definition) is 0. The normalized spacial score (nSPS) is 10.0. The molecule has 2 rings (SSSR count). The first-order chi connectivity index (χ1) is 9.13. The number of benzene rings is 1. The average Bonchev–Trinajstić information content (AvgIpc) is 2.83. The lowest BCUT2D eigenvalue weighted by molar-refractivity contribution is 0.415. The minimum Gasteiger partial charge on any atom is -0.497 e. The van der Waals surface area contributed by atoms with Gasteiger partial charge in [-0.05, 0) is 24.3 Å². The van der Waals surface area contributed by atoms with Crippen molar-refractivity contribution in [1.29, 1.82) is 5.26 Å². The first kappa shape index (κ1) is 13.7. The summed E-state index contributed by atoms with van der Waals surface area (Å²) in [4.78, 5) is 3.17. The summed E-state index contributed by atoms with van der Waals surface area (Å²) in [6.45, 7) is 0.708. The van der Waals surface area contributed by atoms with Gasteiger partial charge in [0.15, 0.2) is 0 Å². The SMILES string of the molecule is COc1ccc(C#N)c(N(C)Cc2ccc(Cl)s2)c1. The van der Waals surface area contributed by atoms with Crippen LogP contribution in [0.4, 0.5) is 5.69 Å². The minimum absolute atomic E-state index is 0.631. The van der Waals surface area contributed by atoms with E-state index in [2.05, 4.69) is 6.07 Å². The quantitative estimate of drug-likeness (QED) is 0.857. The van der Waals surface area contributed by atoms with Crippen molar-refractivity contribution >= 4 is 28.6 Å². The number of hydrogen-bond acceptors (Lipinski definition) is 4. The molecule has 0 radical (unpaired) electrons. The van der Waals surface area contributed by atoms with Crippen LogP contribution in [-0.2, 0) is 6.54 Å². The molecule has 0 fully saturated rings. The molecule has 1 aromatic carbocycles. The monoisotopic (exact) mass is 292 g/mol. The molecule has 0 atom stereocenters. The molecular weight excluding hydrogens is 280 g/mol. The highest BCUT2D eigenvalue weighted by molar-refractivity contribution is 7.16. The Kier molecular flexibility index (Phi) is 4.31. The highest BCUT2D eigenvalue weighted by Gasteiger charge is 2.10. The molecule has 0 spiro atoms. The summed E-state index contributed by atoms with van der Waals surface area (Å²) in [5.41, 5.74) is 1.48. The predicted molar refractivity (Wildman–Crippen MR) is 79.1 cm³/mol. The molecule has 1 aromatic heterocycles. The molecular formula is C14H13ClN2OS. The van der Waals surface area contributed by atoms with E-state index in [-0.39, 0.29) is 0 Å². The zero-order valence-electron chi connectivity index (χ0n) is 10.7. The van der Waals surface area contributed by atoms with E-state index in [0.29, 0.717) is 12.1 Å². The molecule has 2 aromatic rings. The summed E-state index contributed by atoms with van der Waals surface area (Å²) < 4.78 is 5.98. The summed E-state index contributed by atoms with van der Waals surface area (Å²) >= 11 is 7.47. The maximum absolute atomic E-state index is 9.17. The minimum atomic E-state index is 0.631. The van der Waals surface area contributed by atoms with Gasteiger partial charge in [0.05, 0.1) is 29.2 Å². The molecule has 1 heterocycles. The van der Waals surface area contributed by atoms with Crippen molar-refractivity contribution in [2.75, 3.05) is 19.1 Å². The Morgan fingerprint density at radius 3 is 2.74 bits per heavy atom. The second kappa shape index (κ2) is 5.96. The Hall–Kier alpha value is -1.70. The van der Waals surface area contributed by atoms with Crippen molar-refractivity contribution in [3.63, 3.8) is 0 Å². The molecule has 3 nitrogen and oxygen atoms in total. The number of ether oxygens (including phenoxy) is 1. The smallest absolute Gasteiger partial charge is 0.121 e. The third-order valence-corrected chi connectivity index (χ3v) is 3.97. The van der Waals surface area contributed by atoms with Gasteiger partial charge in [-0.25, -0.2) is 0 Å². The fourth-order valence-electron chi connectivity index (χ4n) is 1.80. The van der Waals surface area contributed by atoms with Gasteiger partial charge in [0.2, 0.25) is 0 Å². The topological polar surface area (TPSA) is 36.3 Å². The number of methoxy groups -OCH3 is 1. The predicted octanol–water partition coefficient (Wildman–Crippen LogP) is 3.92. The molecule has 0 aliphatic carbocycles. The summed E-state index contributed by atoms with van der Waals surface area (Å²) in [5, 5.41) is 9.17. The van der Waals surface area contributed by atoms with Gasteiger partial charge < -0.3 is 9.64 Å². The van der Waals surface area contributed by atoms with Crippen LogP contribution >= 0.6 is 22.9 Å². The highest BCUT2D eigenvalue weighted by Crippen LogP contribution is 2.28. The van der Waals surface area contributed by atoms with Crippen LogP contribution < -0.4 is 9.64 Å². The third kappa shape index (κ3) is 3.19. The lowest BCUT2D eigenvalue weighted by Gasteiger charge is -2.20. The Morgan fingerprint density at radius 1 is 1.37 bits per heavy atom. The Labute approximate surface area is 121 Å². The van der Waals surface area contributed by atoms with Crippen molar-refractivity contribution in [2.45, 2.75) is 6.54 Å². The number of anilines is 1. The molecule has 0 saturated heterocycles. The molecule has 0 aliphatic heterocycles. The number of rotatable bonds is 4. The first-order valence-electron chi connectivity index (χ1n) is 5.67. The van der Waals surface area contributed by atoms with E-state index in [1.165, 1.54) is 0 Å². The number of nitriles is 1. The fraction of sp³-hybridized carbons (Fsp3) is 0.214. The summed E-state index contributed by atoms with van der Waals surface area (Å²) in [7, 11) is 3.56. The van der Waals surface area contributed by atoms with Crippen LogP contribution in [0.5, 0.6) is 5.75 Å². The van der Waals surface area contributed by atoms with Gasteiger partial charge in [0, 0.05) is 18.0 Å². The van der Waals surface area contributed by atoms with Crippen molar-refractivity contribution in [2.24, 2.45) is 0 Å². The largest absolute Gasteiger partial charge is 0.497 e. The third-order valence-electron chi connectivity index (χ3n) is 2.76. The van der Waals surface area contributed by atoms with Gasteiger partial charge in [-0.1, -0.05) is 11.6 Å². The van der Waals surface area contributed by atoms with Crippen LogP contribution in [0, 0.1) is 11.3 Å². The Bertz CT molecular complexity index is 618. The van der Waals surface area contributed by atoms with E-state index in [4.69, 9.17) is 21.6 Å². The Balaban J connectivity index is 2.27. The van der Waals surface area contributed by atoms with E-state index >= 15 is 0 Å². The summed E-state index contributed by atoms with van der Waals surface area (Å²) in [5.74, 6) is 0.741. The number of nitrogens with zero attached hydrogens (tertiary/aromatic N) is 2. The van der Waals surface area contributed by atoms with Gasteiger partial charge in [-0.3, -0.25) is 0 Å². The van der Waals surface area contributed by atoms with Crippen LogP contribution in [0.25, 0.3) is 0 Å². The van der Waals surface area contributed by atoms with Gasteiger partial charge in [-0.15, -0.1) is 11.3 Å². The van der Waals surface area contributed by atoms with E-state index in [1.807, 2.05) is 30.1 Å². The van der Waals surface area contributed by atoms with Crippen LogP contribution in [0.2, 0.25) is 4.34 Å². The van der Waals surface area contributed by atoms with E-state index in [9.17, 15) is 0 Å². The molecule has 5 heteroatoms. The lowest BCUT2D eigenvalue weighted by atomic mass is 10.1. The van der Waals surface area contributed by atoms with Crippen LogP contribution in [0.1, 0.15) is 10.4 Å². The molecule has 0 N–H and O–H groups in total. The van der Waals surface area contributed by atoms with Crippen molar-refractivity contribution in [1.82, 2.24) is 0 Å². The zero-order valence-corrected chi connectivity index (χ0v) is 12.3. The van der Waals surface area contributed by atoms with Crippen molar-refractivity contribution in [3.05, 3.63) is 45.1 Å². The van der Waals surface area contributed by atoms with Crippen molar-refractivity contribution in [3.8, 4) is 11.8 Å². The molecule has 0 saturated carbocycles. The molecule has 0 aliphatic rings. The molecule has 0 bridgehead atoms. The van der Waals surface area contributed by atoms with E-state index in [0.717, 1.165) is 20.7 Å². The zero-order chi connectivity index (χ0) is 13.8. The standard InChI is InChI=1S/C14H13ClN2OS/c1-17(9-12-5-6-14(15)19-12)13-7-11(18-2)4-3-10(13)8-16/h3-7H,9H2,1-2H3. The van der Waals surface area contributed by atoms with E-state index in [1.54, 1.807) is 30.6 Å². The van der Waals surface area contributed by atoms with Gasteiger partial charge in [-0.2, -0.15) is 5.26 Å². The van der Waals surface area contributed by atoms with Crippen LogP contribution in [0.15, 0.2) is 30.3 Å². The van der Waals surface area contributed by atoms with Gasteiger partial charge in [0.1, 0.15) is 11.8 Å². The van der Waals surface area contributed by atoms with Crippen LogP contribution in [0.3, 0.4) is 0 Å². The summed E-state index contributed by atoms with van der Waals surface area (Å²) in [6.07, 6.45) is 0.